The standard InChI is InChI=1S/C53H39N3/c1-53(2)44-20-11-9-18-40(44)43-33-51(55-46-22-13-21-45(53)52(43)46)56-49-23-12-10-19-41(49)42-30-38(28-29-50(42)56)35-24-26-37(27-25-35)48-32-39(34-14-5-3-6-15-34)31-47(54-48)36-16-7-4-8-17-36/h3-29,31-33,38H,30H2,1-2H3. The molecule has 1 unspecified atom stereocenters. The molecule has 2 aliphatic carbocycles. The van der Waals surface area contributed by atoms with E-state index in [-0.39, 0.29) is 11.3 Å². The molecule has 0 saturated heterocycles. The number of rotatable bonds is 5. The Kier molecular flexibility index (Phi) is 7.34. The maximum atomic E-state index is 5.41. The molecule has 266 valence electrons. The summed E-state index contributed by atoms with van der Waals surface area (Å²) in [6.07, 6.45) is 5.63. The molecule has 56 heavy (non-hydrogen) atoms. The van der Waals surface area contributed by atoms with Gasteiger partial charge in [-0.15, -0.1) is 0 Å². The number of para-hydroxylation sites is 1. The number of fused-ring (bicyclic) bond motifs is 5. The lowest BCUT2D eigenvalue weighted by Crippen LogP contribution is -2.24. The molecule has 0 bridgehead atoms. The molecule has 0 spiro atoms. The molecule has 2 aliphatic rings. The van der Waals surface area contributed by atoms with Crippen LogP contribution in [0, 0.1) is 0 Å². The van der Waals surface area contributed by atoms with Crippen molar-refractivity contribution in [3.63, 3.8) is 0 Å². The highest BCUT2D eigenvalue weighted by Crippen LogP contribution is 2.49. The van der Waals surface area contributed by atoms with Gasteiger partial charge < -0.3 is 0 Å². The zero-order chi connectivity index (χ0) is 37.4. The van der Waals surface area contributed by atoms with E-state index in [0.717, 1.165) is 45.8 Å². The molecule has 9 aromatic rings. The van der Waals surface area contributed by atoms with Crippen LogP contribution in [0.15, 0.2) is 176 Å². The predicted octanol–water partition coefficient (Wildman–Crippen LogP) is 13.2. The van der Waals surface area contributed by atoms with E-state index in [0.29, 0.717) is 0 Å². The van der Waals surface area contributed by atoms with Gasteiger partial charge in [0.2, 0.25) is 0 Å². The fraction of sp³-hybridized carbons (Fsp3) is 0.0943. The Balaban J connectivity index is 0.980. The van der Waals surface area contributed by atoms with Crippen LogP contribution in [0.1, 0.15) is 47.7 Å². The van der Waals surface area contributed by atoms with E-state index in [2.05, 4.69) is 200 Å². The molecule has 3 heteroatoms. The SMILES string of the molecule is CC1(C)c2ccccc2-c2cc(-n3c4c(c5ccccc53)CC(c3ccc(-c5cc(-c6ccccc6)cc(-c6ccccc6)n5)cc3)C=C4)nc3cccc1c23. The van der Waals surface area contributed by atoms with Gasteiger partial charge in [0.1, 0.15) is 5.82 Å². The third kappa shape index (κ3) is 5.12. The maximum Gasteiger partial charge on any atom is 0.138 e. The van der Waals surface area contributed by atoms with Crippen LogP contribution >= 0.6 is 0 Å². The van der Waals surface area contributed by atoms with Crippen LogP contribution in [0.4, 0.5) is 0 Å². The topological polar surface area (TPSA) is 30.7 Å². The van der Waals surface area contributed by atoms with Gasteiger partial charge in [-0.25, -0.2) is 9.97 Å². The van der Waals surface area contributed by atoms with Crippen LogP contribution in [0.3, 0.4) is 0 Å². The lowest BCUT2D eigenvalue weighted by atomic mass is 9.69. The van der Waals surface area contributed by atoms with Crippen molar-refractivity contribution in [2.24, 2.45) is 0 Å². The molecule has 11 rings (SSSR count). The zero-order valence-corrected chi connectivity index (χ0v) is 31.4. The van der Waals surface area contributed by atoms with Crippen molar-refractivity contribution in [3.8, 4) is 50.6 Å². The van der Waals surface area contributed by atoms with Gasteiger partial charge in [0.25, 0.3) is 0 Å². The van der Waals surface area contributed by atoms with Crippen molar-refractivity contribution in [1.82, 2.24) is 14.5 Å². The number of allylic oxidation sites excluding steroid dienone is 1. The molecule has 1 atom stereocenters. The van der Waals surface area contributed by atoms with E-state index < -0.39 is 0 Å². The Morgan fingerprint density at radius 1 is 0.554 bits per heavy atom. The summed E-state index contributed by atoms with van der Waals surface area (Å²) >= 11 is 0. The average molecular weight is 718 g/mol. The summed E-state index contributed by atoms with van der Waals surface area (Å²) in [4.78, 5) is 10.6. The van der Waals surface area contributed by atoms with E-state index in [1.807, 2.05) is 0 Å². The Morgan fingerprint density at radius 2 is 1.21 bits per heavy atom. The van der Waals surface area contributed by atoms with Gasteiger partial charge in [-0.2, -0.15) is 0 Å². The van der Waals surface area contributed by atoms with Crippen molar-refractivity contribution in [3.05, 3.63) is 204 Å². The quantitative estimate of drug-likeness (QED) is 0.177. The molecular formula is C53H39N3. The predicted molar refractivity (Wildman–Crippen MR) is 232 cm³/mol. The first-order valence-corrected chi connectivity index (χ1v) is 19.6. The molecule has 0 fully saturated rings. The van der Waals surface area contributed by atoms with E-state index in [9.17, 15) is 0 Å². The molecule has 3 aromatic heterocycles. The first kappa shape index (κ1) is 32.6. The molecule has 0 aliphatic heterocycles. The molecule has 0 saturated carbocycles. The second kappa shape index (κ2) is 12.6. The summed E-state index contributed by atoms with van der Waals surface area (Å²) < 4.78 is 2.39. The molecule has 0 N–H and O–H groups in total. The summed E-state index contributed by atoms with van der Waals surface area (Å²) in [6, 6.07) is 61.2. The number of aromatic nitrogens is 3. The fourth-order valence-electron chi connectivity index (χ4n) is 9.35. The normalized spacial score (nSPS) is 15.1. The zero-order valence-electron chi connectivity index (χ0n) is 31.4. The van der Waals surface area contributed by atoms with Gasteiger partial charge >= 0.3 is 0 Å². The number of hydrogen-bond donors (Lipinski definition) is 0. The van der Waals surface area contributed by atoms with Crippen molar-refractivity contribution in [2.75, 3.05) is 0 Å². The number of nitrogens with zero attached hydrogens (tertiary/aromatic N) is 3. The number of hydrogen-bond acceptors (Lipinski definition) is 2. The van der Waals surface area contributed by atoms with Crippen molar-refractivity contribution >= 4 is 27.9 Å². The smallest absolute Gasteiger partial charge is 0.138 e. The lowest BCUT2D eigenvalue weighted by Gasteiger charge is -2.35. The number of pyridine rings is 2. The second-order valence-electron chi connectivity index (χ2n) is 15.8. The maximum absolute atomic E-state index is 5.41. The van der Waals surface area contributed by atoms with E-state index in [4.69, 9.17) is 9.97 Å². The van der Waals surface area contributed by atoms with E-state index >= 15 is 0 Å². The summed E-state index contributed by atoms with van der Waals surface area (Å²) in [5, 5.41) is 2.55. The highest BCUT2D eigenvalue weighted by molar-refractivity contribution is 6.03. The second-order valence-corrected chi connectivity index (χ2v) is 15.8. The van der Waals surface area contributed by atoms with Gasteiger partial charge in [-0.05, 0) is 87.3 Å². The van der Waals surface area contributed by atoms with Crippen LogP contribution in [0.25, 0.3) is 78.5 Å². The van der Waals surface area contributed by atoms with Crippen LogP contribution in [0.2, 0.25) is 0 Å². The van der Waals surface area contributed by atoms with Gasteiger partial charge in [0.05, 0.1) is 28.1 Å². The Labute approximate surface area is 327 Å². The highest BCUT2D eigenvalue weighted by atomic mass is 15.1. The minimum absolute atomic E-state index is 0.102. The highest BCUT2D eigenvalue weighted by Gasteiger charge is 2.34. The molecule has 3 heterocycles. The molecule has 0 amide bonds. The summed E-state index contributed by atoms with van der Waals surface area (Å²) in [6.45, 7) is 4.67. The molecule has 3 nitrogen and oxygen atoms in total. The number of benzene rings is 6. The summed E-state index contributed by atoms with van der Waals surface area (Å²) in [5.41, 5.74) is 17.8. The van der Waals surface area contributed by atoms with E-state index in [1.165, 1.54) is 60.9 Å². The first-order chi connectivity index (χ1) is 27.5. The molecule has 6 aromatic carbocycles. The van der Waals surface area contributed by atoms with Crippen molar-refractivity contribution in [1.29, 1.82) is 0 Å². The average Bonchev–Trinajstić information content (AvgIpc) is 3.59. The largest absolute Gasteiger partial charge is 0.294 e. The van der Waals surface area contributed by atoms with Gasteiger partial charge in [0.15, 0.2) is 0 Å². The summed E-state index contributed by atoms with van der Waals surface area (Å²) in [5.74, 6) is 1.21. The summed E-state index contributed by atoms with van der Waals surface area (Å²) in [7, 11) is 0. The Morgan fingerprint density at radius 3 is 2.00 bits per heavy atom. The van der Waals surface area contributed by atoms with Crippen molar-refractivity contribution < 1.29 is 0 Å². The van der Waals surface area contributed by atoms with Crippen LogP contribution in [-0.2, 0) is 11.8 Å². The van der Waals surface area contributed by atoms with Gasteiger partial charge in [0, 0.05) is 33.2 Å². The van der Waals surface area contributed by atoms with Crippen LogP contribution in [-0.4, -0.2) is 14.5 Å². The fourth-order valence-corrected chi connectivity index (χ4v) is 9.35. The van der Waals surface area contributed by atoms with Crippen molar-refractivity contribution in [2.45, 2.75) is 31.6 Å². The van der Waals surface area contributed by atoms with Gasteiger partial charge in [-0.1, -0.05) is 159 Å². The monoisotopic (exact) mass is 717 g/mol. The van der Waals surface area contributed by atoms with Crippen LogP contribution in [0.5, 0.6) is 0 Å². The third-order valence-electron chi connectivity index (χ3n) is 12.2. The molecular weight excluding hydrogens is 679 g/mol. The minimum atomic E-state index is -0.102. The Hall–Kier alpha value is -6.84. The first-order valence-electron chi connectivity index (χ1n) is 19.6. The van der Waals surface area contributed by atoms with Gasteiger partial charge in [-0.3, -0.25) is 4.57 Å². The lowest BCUT2D eigenvalue weighted by molar-refractivity contribution is 0.645. The third-order valence-corrected chi connectivity index (χ3v) is 12.2. The van der Waals surface area contributed by atoms with E-state index in [1.54, 1.807) is 0 Å². The molecule has 0 radical (unpaired) electrons. The Bertz CT molecular complexity index is 2950. The van der Waals surface area contributed by atoms with Crippen LogP contribution < -0.4 is 0 Å². The minimum Gasteiger partial charge on any atom is -0.294 e.